The van der Waals surface area contributed by atoms with E-state index in [0.29, 0.717) is 24.3 Å². The normalized spacial score (nSPS) is 30.2. The molecule has 4 bridgehead atoms. The second-order valence-corrected chi connectivity index (χ2v) is 9.41. The quantitative estimate of drug-likeness (QED) is 0.444. The fourth-order valence-corrected chi connectivity index (χ4v) is 6.11. The summed E-state index contributed by atoms with van der Waals surface area (Å²) < 4.78 is 11.0. The Kier molecular flexibility index (Phi) is 5.75. The lowest BCUT2D eigenvalue weighted by molar-refractivity contribution is -0.0848. The minimum atomic E-state index is -0.329. The van der Waals surface area contributed by atoms with Crippen molar-refractivity contribution in [3.63, 3.8) is 0 Å². The van der Waals surface area contributed by atoms with Crippen LogP contribution in [0.3, 0.4) is 0 Å². The molecule has 0 heterocycles. The number of benzene rings is 1. The van der Waals surface area contributed by atoms with E-state index in [1.54, 1.807) is 24.3 Å². The molecule has 4 aliphatic carbocycles. The zero-order valence-electron chi connectivity index (χ0n) is 17.0. The number of carbonyl (C=O) groups is 2. The molecule has 152 valence electrons. The summed E-state index contributed by atoms with van der Waals surface area (Å²) >= 11 is 0. The zero-order chi connectivity index (χ0) is 19.6. The Morgan fingerprint density at radius 2 is 1.36 bits per heavy atom. The Hall–Kier alpha value is -1.84. The van der Waals surface area contributed by atoms with E-state index in [2.05, 4.69) is 6.92 Å². The highest BCUT2D eigenvalue weighted by Gasteiger charge is 2.51. The Morgan fingerprint density at radius 1 is 0.857 bits per heavy atom. The summed E-state index contributed by atoms with van der Waals surface area (Å²) in [5, 5.41) is 0. The molecule has 0 aliphatic heterocycles. The molecule has 0 unspecified atom stereocenters. The number of carbonyl (C=O) groups excluding carboxylic acids is 2. The maximum Gasteiger partial charge on any atom is 0.338 e. The Morgan fingerprint density at radius 3 is 1.86 bits per heavy atom. The molecule has 0 atom stereocenters. The van der Waals surface area contributed by atoms with Gasteiger partial charge in [-0.15, -0.1) is 0 Å². The molecule has 0 N–H and O–H groups in total. The molecule has 0 spiro atoms. The molecule has 4 aliphatic rings. The third-order valence-electron chi connectivity index (χ3n) is 7.01. The van der Waals surface area contributed by atoms with E-state index in [1.165, 1.54) is 38.5 Å². The second kappa shape index (κ2) is 8.26. The first-order valence-corrected chi connectivity index (χ1v) is 11.0. The molecule has 0 radical (unpaired) electrons. The molecule has 28 heavy (non-hydrogen) atoms. The Balaban J connectivity index is 1.29. The number of rotatable bonds is 8. The van der Waals surface area contributed by atoms with Gasteiger partial charge >= 0.3 is 11.9 Å². The zero-order valence-corrected chi connectivity index (χ0v) is 17.0. The van der Waals surface area contributed by atoms with Crippen molar-refractivity contribution in [3.05, 3.63) is 35.4 Å². The van der Waals surface area contributed by atoms with Crippen molar-refractivity contribution >= 4 is 11.9 Å². The van der Waals surface area contributed by atoms with Gasteiger partial charge in [0.25, 0.3) is 0 Å². The Labute approximate surface area is 168 Å². The molecule has 4 heteroatoms. The fraction of sp³-hybridized carbons (Fsp3) is 0.667. The van der Waals surface area contributed by atoms with Crippen LogP contribution < -0.4 is 0 Å². The van der Waals surface area contributed by atoms with E-state index in [-0.39, 0.29) is 17.4 Å². The van der Waals surface area contributed by atoms with E-state index in [1.807, 2.05) is 0 Å². The summed E-state index contributed by atoms with van der Waals surface area (Å²) in [5.41, 5.74) is 1.22. The highest BCUT2D eigenvalue weighted by Crippen LogP contribution is 2.60. The molecule has 1 aromatic rings. The summed E-state index contributed by atoms with van der Waals surface area (Å²) in [5.74, 6) is 1.95. The van der Waals surface area contributed by atoms with Crippen molar-refractivity contribution < 1.29 is 19.1 Å². The first kappa shape index (κ1) is 19.5. The monoisotopic (exact) mass is 384 g/mol. The van der Waals surface area contributed by atoms with Gasteiger partial charge in [-0.05, 0) is 87.0 Å². The van der Waals surface area contributed by atoms with Gasteiger partial charge < -0.3 is 9.47 Å². The summed E-state index contributed by atoms with van der Waals surface area (Å²) in [7, 11) is 0. The first-order valence-electron chi connectivity index (χ1n) is 11.0. The molecule has 1 aromatic carbocycles. The SMILES string of the molecule is CCCCCOC(=O)c1ccc(C(=O)OCC23CC4CC(CC(C4)C2)C3)cc1. The van der Waals surface area contributed by atoms with Crippen LogP contribution in [0.5, 0.6) is 0 Å². The van der Waals surface area contributed by atoms with Crippen LogP contribution in [0.15, 0.2) is 24.3 Å². The van der Waals surface area contributed by atoms with Gasteiger partial charge in [-0.2, -0.15) is 0 Å². The van der Waals surface area contributed by atoms with Gasteiger partial charge in [0.15, 0.2) is 0 Å². The van der Waals surface area contributed by atoms with E-state index in [9.17, 15) is 9.59 Å². The maximum absolute atomic E-state index is 12.5. The van der Waals surface area contributed by atoms with Gasteiger partial charge in [0.2, 0.25) is 0 Å². The highest BCUT2D eigenvalue weighted by atomic mass is 16.5. The molecular formula is C24H32O4. The topological polar surface area (TPSA) is 52.6 Å². The van der Waals surface area contributed by atoms with Gasteiger partial charge in [0.1, 0.15) is 0 Å². The van der Waals surface area contributed by atoms with Crippen LogP contribution in [-0.2, 0) is 9.47 Å². The average Bonchev–Trinajstić information content (AvgIpc) is 2.68. The number of unbranched alkanes of at least 4 members (excludes halogenated alkanes) is 2. The summed E-state index contributed by atoms with van der Waals surface area (Å²) in [6, 6.07) is 6.66. The largest absolute Gasteiger partial charge is 0.462 e. The summed E-state index contributed by atoms with van der Waals surface area (Å²) in [4.78, 5) is 24.6. The van der Waals surface area contributed by atoms with Crippen molar-refractivity contribution in [2.24, 2.45) is 23.2 Å². The Bertz CT molecular complexity index is 671. The van der Waals surface area contributed by atoms with Crippen molar-refractivity contribution in [1.82, 2.24) is 0 Å². The summed E-state index contributed by atoms with van der Waals surface area (Å²) in [6.45, 7) is 3.11. The standard InChI is InChI=1S/C24H32O4/c1-2-3-4-9-27-22(25)20-5-7-21(8-6-20)23(26)28-16-24-13-17-10-18(14-24)12-19(11-17)15-24/h5-8,17-19H,2-4,9-16H2,1H3. The third-order valence-corrected chi connectivity index (χ3v) is 7.01. The van der Waals surface area contributed by atoms with Crippen LogP contribution in [-0.4, -0.2) is 25.2 Å². The summed E-state index contributed by atoms with van der Waals surface area (Å²) in [6.07, 6.45) is 10.9. The van der Waals surface area contributed by atoms with Gasteiger partial charge in [-0.25, -0.2) is 9.59 Å². The van der Waals surface area contributed by atoms with Gasteiger partial charge in [-0.1, -0.05) is 19.8 Å². The molecule has 0 saturated heterocycles. The number of esters is 2. The van der Waals surface area contributed by atoms with Crippen LogP contribution in [0, 0.1) is 23.2 Å². The van der Waals surface area contributed by atoms with E-state index < -0.39 is 0 Å². The van der Waals surface area contributed by atoms with E-state index >= 15 is 0 Å². The maximum atomic E-state index is 12.5. The van der Waals surface area contributed by atoms with Crippen LogP contribution >= 0.6 is 0 Å². The smallest absolute Gasteiger partial charge is 0.338 e. The van der Waals surface area contributed by atoms with E-state index in [4.69, 9.17) is 9.47 Å². The number of hydrogen-bond donors (Lipinski definition) is 0. The van der Waals surface area contributed by atoms with Crippen molar-refractivity contribution in [2.75, 3.05) is 13.2 Å². The van der Waals surface area contributed by atoms with Gasteiger partial charge in [0, 0.05) is 5.41 Å². The van der Waals surface area contributed by atoms with Crippen LogP contribution in [0.1, 0.15) is 85.4 Å². The molecule has 4 saturated carbocycles. The second-order valence-electron chi connectivity index (χ2n) is 9.41. The third kappa shape index (κ3) is 4.26. The molecule has 4 nitrogen and oxygen atoms in total. The minimum absolute atomic E-state index is 0.229. The lowest BCUT2D eigenvalue weighted by Crippen LogP contribution is -2.48. The van der Waals surface area contributed by atoms with Gasteiger partial charge in [0.05, 0.1) is 24.3 Å². The molecule has 0 aromatic heterocycles. The predicted molar refractivity (Wildman–Crippen MR) is 107 cm³/mol. The first-order chi connectivity index (χ1) is 13.6. The fourth-order valence-electron chi connectivity index (χ4n) is 6.11. The van der Waals surface area contributed by atoms with Crippen LogP contribution in [0.25, 0.3) is 0 Å². The molecule has 5 rings (SSSR count). The minimum Gasteiger partial charge on any atom is -0.462 e. The van der Waals surface area contributed by atoms with Crippen molar-refractivity contribution in [3.8, 4) is 0 Å². The molecular weight excluding hydrogens is 352 g/mol. The highest BCUT2D eigenvalue weighted by molar-refractivity contribution is 5.93. The van der Waals surface area contributed by atoms with Crippen LogP contribution in [0.4, 0.5) is 0 Å². The molecule has 0 amide bonds. The van der Waals surface area contributed by atoms with E-state index in [0.717, 1.165) is 37.0 Å². The van der Waals surface area contributed by atoms with Crippen molar-refractivity contribution in [2.45, 2.75) is 64.7 Å². The predicted octanol–water partition coefficient (Wildman–Crippen LogP) is 5.41. The molecule has 4 fully saturated rings. The van der Waals surface area contributed by atoms with Crippen LogP contribution in [0.2, 0.25) is 0 Å². The average molecular weight is 385 g/mol. The lowest BCUT2D eigenvalue weighted by atomic mass is 9.50. The van der Waals surface area contributed by atoms with Crippen molar-refractivity contribution in [1.29, 1.82) is 0 Å². The lowest BCUT2D eigenvalue weighted by Gasteiger charge is -2.56. The number of ether oxygens (including phenoxy) is 2. The number of hydrogen-bond acceptors (Lipinski definition) is 4. The van der Waals surface area contributed by atoms with Gasteiger partial charge in [-0.3, -0.25) is 0 Å².